The predicted octanol–water partition coefficient (Wildman–Crippen LogP) is 1.85. The van der Waals surface area contributed by atoms with E-state index in [1.165, 1.54) is 0 Å². The van der Waals surface area contributed by atoms with Crippen LogP contribution in [-0.2, 0) is 39.8 Å². The van der Waals surface area contributed by atoms with Gasteiger partial charge in [-0.1, -0.05) is 12.1 Å². The number of ether oxygens (including phenoxy) is 8. The number of aliphatic carboxylic acids is 1. The van der Waals surface area contributed by atoms with Crippen molar-refractivity contribution in [2.75, 3.05) is 46.4 Å². The number of hydrogen-bond acceptors (Lipinski definition) is 16. The number of hydrogen-bond donors (Lipinski definition) is 5. The predicted molar refractivity (Wildman–Crippen MR) is 181 cm³/mol. The van der Waals surface area contributed by atoms with E-state index in [1.807, 2.05) is 12.1 Å². The topological polar surface area (TPSA) is 233 Å². The number of phenols is 1. The molecule has 0 bridgehead atoms. The first kappa shape index (κ1) is 37.4. The highest BCUT2D eigenvalue weighted by Gasteiger charge is 2.49. The maximum atomic E-state index is 12.0. The van der Waals surface area contributed by atoms with E-state index in [4.69, 9.17) is 58.5 Å². The van der Waals surface area contributed by atoms with Crippen LogP contribution < -0.4 is 29.6 Å². The molecule has 0 aromatic heterocycles. The van der Waals surface area contributed by atoms with Crippen LogP contribution in [0.3, 0.4) is 0 Å². The summed E-state index contributed by atoms with van der Waals surface area (Å²) in [6, 6.07) is 13.9. The molecule has 1 saturated heterocycles. The third-order valence-corrected chi connectivity index (χ3v) is 9.33. The summed E-state index contributed by atoms with van der Waals surface area (Å²) in [4.78, 5) is 34.9. The molecule has 1 fully saturated rings. The van der Waals surface area contributed by atoms with Crippen LogP contribution in [0.25, 0.3) is 0 Å². The summed E-state index contributed by atoms with van der Waals surface area (Å²) in [5.41, 5.74) is 8.90. The Labute approximate surface area is 308 Å². The molecule has 3 aromatic carbocycles. The summed E-state index contributed by atoms with van der Waals surface area (Å²) in [5.74, 6) is 0.250. The Morgan fingerprint density at radius 2 is 1.72 bits per heavy atom. The molecule has 0 radical (unpaired) electrons. The lowest BCUT2D eigenvalue weighted by Gasteiger charge is -2.42. The summed E-state index contributed by atoms with van der Waals surface area (Å²) >= 11 is 0. The van der Waals surface area contributed by atoms with Crippen molar-refractivity contribution in [3.8, 4) is 34.5 Å². The molecule has 3 aromatic rings. The minimum atomic E-state index is -1.50. The number of carboxylic acid groups (broad SMARTS) is 1. The number of aliphatic hydroxyl groups is 2. The van der Waals surface area contributed by atoms with E-state index >= 15 is 0 Å². The lowest BCUT2D eigenvalue weighted by Crippen LogP contribution is -2.61. The number of rotatable bonds is 16. The highest BCUT2D eigenvalue weighted by molar-refractivity contribution is 5.90. The van der Waals surface area contributed by atoms with Crippen LogP contribution in [0.15, 0.2) is 48.5 Å². The fourth-order valence-electron chi connectivity index (χ4n) is 6.83. The summed E-state index contributed by atoms with van der Waals surface area (Å²) in [6.07, 6.45) is -7.15. The van der Waals surface area contributed by atoms with E-state index in [1.54, 1.807) is 36.4 Å². The van der Waals surface area contributed by atoms with Gasteiger partial charge in [-0.15, -0.1) is 0 Å². The zero-order chi connectivity index (χ0) is 37.8. The lowest BCUT2D eigenvalue weighted by molar-refractivity contribution is -0.375. The fraction of sp³-hybridized carbons (Fsp3) is 0.459. The van der Waals surface area contributed by atoms with Gasteiger partial charge in [-0.05, 0) is 42.3 Å². The lowest BCUT2D eigenvalue weighted by atomic mass is 9.87. The van der Waals surface area contributed by atoms with Crippen molar-refractivity contribution in [3.05, 3.63) is 70.8 Å². The van der Waals surface area contributed by atoms with E-state index in [0.717, 1.165) is 16.7 Å². The number of phenolic OH excluding ortho intramolecular Hbond substituents is 1. The molecular formula is C37H41NO16. The molecule has 17 heteroatoms. The van der Waals surface area contributed by atoms with Gasteiger partial charge in [0.2, 0.25) is 6.79 Å². The van der Waals surface area contributed by atoms with Gasteiger partial charge in [0.25, 0.3) is 0 Å². The van der Waals surface area contributed by atoms with Crippen LogP contribution in [0.2, 0.25) is 0 Å². The molecule has 4 aliphatic heterocycles. The molecule has 6 N–H and O–H groups in total. The first-order chi connectivity index (χ1) is 26.2. The van der Waals surface area contributed by atoms with Gasteiger partial charge >= 0.3 is 11.9 Å². The van der Waals surface area contributed by atoms with E-state index in [9.17, 15) is 24.9 Å². The van der Waals surface area contributed by atoms with Gasteiger partial charge in [-0.3, -0.25) is 9.59 Å². The summed E-state index contributed by atoms with van der Waals surface area (Å²) in [6.45, 7) is -0.117. The highest BCUT2D eigenvalue weighted by Crippen LogP contribution is 2.55. The van der Waals surface area contributed by atoms with Crippen LogP contribution in [-0.4, -0.2) is 109 Å². The largest absolute Gasteiger partial charge is 0.508 e. The smallest absolute Gasteiger partial charge is 0.317 e. The number of carbonyl (C=O) groups is 2. The van der Waals surface area contributed by atoms with Crippen LogP contribution in [0.4, 0.5) is 0 Å². The SMILES string of the molecule is NCCO[C@@H]1O[C@H](COC(=O)CC(=O)O)[C@@H](OCCCO)[C@H](O)[C@H]1OOc1cc(Cc2ccc(O)cc2)c2c(c1)[C@H]1Oc3cc4c(cc3[C@H]1CO2)OCO4. The maximum absolute atomic E-state index is 12.0. The molecule has 7 rings (SSSR count). The zero-order valence-electron chi connectivity index (χ0n) is 29.0. The van der Waals surface area contributed by atoms with Gasteiger partial charge in [0.15, 0.2) is 29.6 Å². The van der Waals surface area contributed by atoms with Gasteiger partial charge in [0.1, 0.15) is 54.7 Å². The van der Waals surface area contributed by atoms with Crippen LogP contribution in [0, 0.1) is 0 Å². The number of carbonyl (C=O) groups excluding carboxylic acids is 1. The fourth-order valence-corrected chi connectivity index (χ4v) is 6.83. The Bertz CT molecular complexity index is 1800. The van der Waals surface area contributed by atoms with Crippen molar-refractivity contribution in [2.24, 2.45) is 5.73 Å². The highest BCUT2D eigenvalue weighted by atomic mass is 17.2. The Morgan fingerprint density at radius 1 is 0.926 bits per heavy atom. The quantitative estimate of drug-likeness (QED) is 0.0461. The van der Waals surface area contributed by atoms with Crippen LogP contribution in [0.1, 0.15) is 47.1 Å². The maximum Gasteiger partial charge on any atom is 0.317 e. The van der Waals surface area contributed by atoms with Gasteiger partial charge < -0.3 is 68.9 Å². The van der Waals surface area contributed by atoms with Gasteiger partial charge in [-0.2, -0.15) is 4.89 Å². The van der Waals surface area contributed by atoms with Crippen LogP contribution >= 0.6 is 0 Å². The first-order valence-corrected chi connectivity index (χ1v) is 17.5. The second kappa shape index (κ2) is 16.6. The molecule has 4 aliphatic rings. The second-order valence-corrected chi connectivity index (χ2v) is 13.0. The number of carboxylic acids is 1. The Hall–Kier alpha value is -4.88. The van der Waals surface area contributed by atoms with E-state index in [-0.39, 0.29) is 57.0 Å². The number of fused-ring (bicyclic) bond motifs is 6. The van der Waals surface area contributed by atoms with Crippen molar-refractivity contribution >= 4 is 11.9 Å². The number of esters is 1. The average molecular weight is 756 g/mol. The number of aliphatic hydroxyl groups excluding tert-OH is 2. The zero-order valence-corrected chi connectivity index (χ0v) is 29.0. The third kappa shape index (κ3) is 8.12. The van der Waals surface area contributed by atoms with E-state index in [0.29, 0.717) is 41.6 Å². The molecular weight excluding hydrogens is 714 g/mol. The monoisotopic (exact) mass is 755 g/mol. The van der Waals surface area contributed by atoms with Crippen molar-refractivity contribution in [2.45, 2.75) is 62.0 Å². The molecule has 0 saturated carbocycles. The Morgan fingerprint density at radius 3 is 2.48 bits per heavy atom. The normalized spacial score (nSPS) is 24.8. The summed E-state index contributed by atoms with van der Waals surface area (Å²) < 4.78 is 46.9. The molecule has 17 nitrogen and oxygen atoms in total. The molecule has 54 heavy (non-hydrogen) atoms. The molecule has 0 spiro atoms. The number of aromatic hydroxyl groups is 1. The third-order valence-electron chi connectivity index (χ3n) is 9.33. The molecule has 0 unspecified atom stereocenters. The van der Waals surface area contributed by atoms with Crippen molar-refractivity contribution in [1.82, 2.24) is 0 Å². The summed E-state index contributed by atoms with van der Waals surface area (Å²) in [5, 5.41) is 39.8. The van der Waals surface area contributed by atoms with E-state index in [2.05, 4.69) is 0 Å². The number of benzene rings is 3. The minimum absolute atomic E-state index is 0.000678. The molecule has 0 amide bonds. The van der Waals surface area contributed by atoms with E-state index < -0.39 is 61.8 Å². The standard InChI is InChI=1S/C37H41NO16/c38-6-9-46-37-36(32(44)35(45-8-1-7-39)29(52-37)17-47-31(43)15-30(41)42)54-53-22-11-20(10-19-2-4-21(40)5-3-19)33-24(12-22)34-25(16-48-33)23-13-27-28(50-18-49-27)14-26(23)51-34/h2-5,11-14,25,29,32,34-37,39-40,44H,1,6-10,15-18,38H2,(H,41,42)/t25-,29-,32+,34-,35-,36-,37-/m1/s1. The van der Waals surface area contributed by atoms with Gasteiger partial charge in [-0.25, -0.2) is 0 Å². The molecule has 7 atom stereocenters. The minimum Gasteiger partial charge on any atom is -0.508 e. The van der Waals surface area contributed by atoms with Gasteiger partial charge in [0, 0.05) is 48.9 Å². The Balaban J connectivity index is 1.16. The molecule has 4 heterocycles. The van der Waals surface area contributed by atoms with Crippen molar-refractivity contribution in [3.63, 3.8) is 0 Å². The molecule has 290 valence electrons. The second-order valence-electron chi connectivity index (χ2n) is 13.0. The Kier molecular flexibility index (Phi) is 11.5. The van der Waals surface area contributed by atoms with Crippen molar-refractivity contribution < 1.29 is 77.7 Å². The molecule has 0 aliphatic carbocycles. The van der Waals surface area contributed by atoms with Gasteiger partial charge in [0.05, 0.1) is 19.1 Å². The summed E-state index contributed by atoms with van der Waals surface area (Å²) in [7, 11) is 0. The number of nitrogens with two attached hydrogens (primary N) is 1. The first-order valence-electron chi connectivity index (χ1n) is 17.5. The van der Waals surface area contributed by atoms with Crippen LogP contribution in [0.5, 0.6) is 34.5 Å². The van der Waals surface area contributed by atoms with Crippen molar-refractivity contribution in [1.29, 1.82) is 0 Å². The average Bonchev–Trinajstić information content (AvgIpc) is 3.77.